The third kappa shape index (κ3) is 5.79. The zero-order valence-corrected chi connectivity index (χ0v) is 16.3. The first-order valence-electron chi connectivity index (χ1n) is 7.65. The van der Waals surface area contributed by atoms with Crippen molar-refractivity contribution in [3.8, 4) is 5.75 Å². The topological polar surface area (TPSA) is 75.7 Å². The molecule has 6 nitrogen and oxygen atoms in total. The molecule has 1 amide bonds. The summed E-state index contributed by atoms with van der Waals surface area (Å²) < 4.78 is 30.5. The fourth-order valence-electron chi connectivity index (χ4n) is 2.13. The van der Waals surface area contributed by atoms with Gasteiger partial charge in [0.05, 0.1) is 28.5 Å². The molecule has 0 aromatic heterocycles. The van der Waals surface area contributed by atoms with Gasteiger partial charge in [-0.05, 0) is 24.3 Å². The van der Waals surface area contributed by atoms with Gasteiger partial charge in [-0.15, -0.1) is 0 Å². The standard InChI is InChI=1S/C17H18Cl2N2O4S/c1-26(23,24)21(15-9-5-8-14(18)17(15)19)12-16(22)20-10-11-25-13-6-3-2-4-7-13/h2-9H,10-12H2,1H3,(H,20,22). The maximum atomic E-state index is 12.1. The van der Waals surface area contributed by atoms with E-state index in [1.54, 1.807) is 18.2 Å². The highest BCUT2D eigenvalue weighted by Crippen LogP contribution is 2.33. The highest BCUT2D eigenvalue weighted by molar-refractivity contribution is 7.92. The summed E-state index contributed by atoms with van der Waals surface area (Å²) in [4.78, 5) is 12.1. The van der Waals surface area contributed by atoms with E-state index in [0.29, 0.717) is 5.75 Å². The van der Waals surface area contributed by atoms with Gasteiger partial charge in [-0.3, -0.25) is 9.10 Å². The van der Waals surface area contributed by atoms with Gasteiger partial charge in [0.15, 0.2) is 0 Å². The first kappa shape index (κ1) is 20.4. The van der Waals surface area contributed by atoms with E-state index < -0.39 is 22.5 Å². The number of hydrogen-bond acceptors (Lipinski definition) is 4. The third-order valence-corrected chi connectivity index (χ3v) is 5.26. The zero-order chi connectivity index (χ0) is 19.2. The second-order valence-electron chi connectivity index (χ2n) is 5.35. The lowest BCUT2D eigenvalue weighted by Gasteiger charge is -2.23. The molecule has 0 heterocycles. The van der Waals surface area contributed by atoms with Crippen molar-refractivity contribution < 1.29 is 17.9 Å². The van der Waals surface area contributed by atoms with Gasteiger partial charge in [0, 0.05) is 0 Å². The number of benzene rings is 2. The summed E-state index contributed by atoms with van der Waals surface area (Å²) in [5.41, 5.74) is 0.150. The van der Waals surface area contributed by atoms with E-state index in [2.05, 4.69) is 5.32 Å². The number of anilines is 1. The van der Waals surface area contributed by atoms with Gasteiger partial charge in [-0.1, -0.05) is 47.5 Å². The van der Waals surface area contributed by atoms with Crippen LogP contribution < -0.4 is 14.4 Å². The molecule has 2 rings (SSSR count). The van der Waals surface area contributed by atoms with Crippen molar-refractivity contribution in [1.82, 2.24) is 5.32 Å². The lowest BCUT2D eigenvalue weighted by atomic mass is 10.3. The predicted molar refractivity (Wildman–Crippen MR) is 104 cm³/mol. The molecule has 0 unspecified atom stereocenters. The number of carbonyl (C=O) groups excluding carboxylic acids is 1. The molecule has 26 heavy (non-hydrogen) atoms. The average molecular weight is 417 g/mol. The predicted octanol–water partition coefficient (Wildman–Crippen LogP) is 2.95. The van der Waals surface area contributed by atoms with Crippen LogP contribution in [0.2, 0.25) is 10.0 Å². The highest BCUT2D eigenvalue weighted by Gasteiger charge is 2.23. The first-order chi connectivity index (χ1) is 12.3. The molecule has 0 aliphatic carbocycles. The Balaban J connectivity index is 1.96. The SMILES string of the molecule is CS(=O)(=O)N(CC(=O)NCCOc1ccccc1)c1cccc(Cl)c1Cl. The normalized spacial score (nSPS) is 11.0. The van der Waals surface area contributed by atoms with Crippen LogP contribution in [0, 0.1) is 0 Å². The van der Waals surface area contributed by atoms with Gasteiger partial charge < -0.3 is 10.1 Å². The number of sulfonamides is 1. The summed E-state index contributed by atoms with van der Waals surface area (Å²) in [6.45, 7) is 0.0748. The molecule has 0 fully saturated rings. The quantitative estimate of drug-likeness (QED) is 0.671. The van der Waals surface area contributed by atoms with E-state index in [0.717, 1.165) is 10.6 Å². The van der Waals surface area contributed by atoms with Crippen LogP contribution in [0.25, 0.3) is 0 Å². The summed E-state index contributed by atoms with van der Waals surface area (Å²) in [5.74, 6) is 0.202. The van der Waals surface area contributed by atoms with E-state index in [-0.39, 0.29) is 28.9 Å². The van der Waals surface area contributed by atoms with E-state index in [9.17, 15) is 13.2 Å². The Kier molecular flexibility index (Phi) is 7.14. The van der Waals surface area contributed by atoms with Crippen molar-refractivity contribution in [3.63, 3.8) is 0 Å². The smallest absolute Gasteiger partial charge is 0.240 e. The van der Waals surface area contributed by atoms with E-state index in [1.165, 1.54) is 12.1 Å². The molecular formula is C17H18Cl2N2O4S. The van der Waals surface area contributed by atoms with Crippen molar-refractivity contribution >= 4 is 44.8 Å². The summed E-state index contributed by atoms with van der Waals surface area (Å²) in [7, 11) is -3.73. The van der Waals surface area contributed by atoms with E-state index >= 15 is 0 Å². The van der Waals surface area contributed by atoms with Crippen LogP contribution in [0.3, 0.4) is 0 Å². The number of ether oxygens (including phenoxy) is 1. The molecule has 2 aromatic carbocycles. The van der Waals surface area contributed by atoms with Gasteiger partial charge >= 0.3 is 0 Å². The highest BCUT2D eigenvalue weighted by atomic mass is 35.5. The minimum atomic E-state index is -3.73. The minimum absolute atomic E-state index is 0.0693. The monoisotopic (exact) mass is 416 g/mol. The molecule has 0 saturated carbocycles. The fourth-order valence-corrected chi connectivity index (χ4v) is 3.44. The van der Waals surface area contributed by atoms with Crippen LogP contribution in [-0.2, 0) is 14.8 Å². The average Bonchev–Trinajstić information content (AvgIpc) is 2.59. The zero-order valence-electron chi connectivity index (χ0n) is 14.0. The number of halogens is 2. The molecule has 140 valence electrons. The number of amides is 1. The molecule has 2 aromatic rings. The lowest BCUT2D eigenvalue weighted by molar-refractivity contribution is -0.119. The van der Waals surface area contributed by atoms with Crippen molar-refractivity contribution in [1.29, 1.82) is 0 Å². The van der Waals surface area contributed by atoms with Gasteiger partial charge in [0.1, 0.15) is 18.9 Å². The molecule has 0 atom stereocenters. The van der Waals surface area contributed by atoms with Gasteiger partial charge in [0.2, 0.25) is 15.9 Å². The minimum Gasteiger partial charge on any atom is -0.492 e. The summed E-state index contributed by atoms with van der Waals surface area (Å²) >= 11 is 12.0. The first-order valence-corrected chi connectivity index (χ1v) is 10.3. The number of hydrogen-bond donors (Lipinski definition) is 1. The Hall–Kier alpha value is -1.96. The van der Waals surface area contributed by atoms with E-state index in [4.69, 9.17) is 27.9 Å². The number of nitrogens with zero attached hydrogens (tertiary/aromatic N) is 1. The molecule has 0 spiro atoms. The lowest BCUT2D eigenvalue weighted by Crippen LogP contribution is -2.41. The van der Waals surface area contributed by atoms with Gasteiger partial charge in [0.25, 0.3) is 0 Å². The number of carbonyl (C=O) groups is 1. The summed E-state index contributed by atoms with van der Waals surface area (Å²) in [6.07, 6.45) is 0.996. The molecule has 0 saturated heterocycles. The number of para-hydroxylation sites is 1. The molecule has 0 aliphatic rings. The van der Waals surface area contributed by atoms with Gasteiger partial charge in [-0.25, -0.2) is 8.42 Å². The van der Waals surface area contributed by atoms with Crippen molar-refractivity contribution in [2.75, 3.05) is 30.3 Å². The van der Waals surface area contributed by atoms with Crippen molar-refractivity contribution in [2.45, 2.75) is 0 Å². The van der Waals surface area contributed by atoms with Crippen LogP contribution in [0.5, 0.6) is 5.75 Å². The number of rotatable bonds is 8. The van der Waals surface area contributed by atoms with E-state index in [1.807, 2.05) is 18.2 Å². The fraction of sp³-hybridized carbons (Fsp3) is 0.235. The molecule has 0 aliphatic heterocycles. The molecule has 0 radical (unpaired) electrons. The van der Waals surface area contributed by atoms with Crippen LogP contribution >= 0.6 is 23.2 Å². The molecule has 0 bridgehead atoms. The van der Waals surface area contributed by atoms with Gasteiger partial charge in [-0.2, -0.15) is 0 Å². The molecule has 9 heteroatoms. The summed E-state index contributed by atoms with van der Waals surface area (Å²) in [5, 5.41) is 2.89. The van der Waals surface area contributed by atoms with Crippen LogP contribution in [-0.4, -0.2) is 40.3 Å². The third-order valence-electron chi connectivity index (χ3n) is 3.32. The maximum absolute atomic E-state index is 12.1. The van der Waals surface area contributed by atoms with Crippen LogP contribution in [0.1, 0.15) is 0 Å². The maximum Gasteiger partial charge on any atom is 0.240 e. The van der Waals surface area contributed by atoms with Crippen LogP contribution in [0.15, 0.2) is 48.5 Å². The second-order valence-corrected chi connectivity index (χ2v) is 8.05. The Morgan fingerprint density at radius 3 is 2.46 bits per heavy atom. The Labute approximate surface area is 162 Å². The summed E-state index contributed by atoms with van der Waals surface area (Å²) in [6, 6.07) is 13.7. The second kappa shape index (κ2) is 9.12. The Morgan fingerprint density at radius 1 is 1.12 bits per heavy atom. The molecular weight excluding hydrogens is 399 g/mol. The van der Waals surface area contributed by atoms with Crippen LogP contribution in [0.4, 0.5) is 5.69 Å². The Morgan fingerprint density at radius 2 is 1.81 bits per heavy atom. The Bertz CT molecular complexity index is 860. The molecule has 1 N–H and O–H groups in total. The number of nitrogens with one attached hydrogen (secondary N) is 1. The van der Waals surface area contributed by atoms with Crippen molar-refractivity contribution in [3.05, 3.63) is 58.6 Å². The van der Waals surface area contributed by atoms with Crippen molar-refractivity contribution in [2.24, 2.45) is 0 Å². The largest absolute Gasteiger partial charge is 0.492 e.